The second-order valence-corrected chi connectivity index (χ2v) is 12.1. The van der Waals surface area contributed by atoms with E-state index < -0.39 is 221 Å². The predicted molar refractivity (Wildman–Crippen MR) is 198 cm³/mol. The van der Waals surface area contributed by atoms with Gasteiger partial charge in [-0.3, -0.25) is 9.59 Å². The number of hydrogen-bond acceptors (Lipinski definition) is 5. The number of ether oxygens (including phenoxy) is 1. The van der Waals surface area contributed by atoms with Crippen molar-refractivity contribution >= 4 is 28.6 Å². The fraction of sp³-hybridized carbons (Fsp3) is 0.317. The molecule has 0 saturated carbocycles. The summed E-state index contributed by atoms with van der Waals surface area (Å²) in [5.74, 6) is -5.83. The van der Waals surface area contributed by atoms with Crippen LogP contribution < -0.4 is 5.43 Å². The lowest BCUT2D eigenvalue weighted by Crippen LogP contribution is -2.48. The minimum atomic E-state index is -5.46. The number of pyridine rings is 1. The van der Waals surface area contributed by atoms with Crippen LogP contribution in [0.4, 0.5) is 22.0 Å². The smallest absolute Gasteiger partial charge is 0.383 e. The number of likely N-dealkylation sites (tertiary alicyclic amines) is 1. The summed E-state index contributed by atoms with van der Waals surface area (Å²) in [5, 5.41) is -1.93. The van der Waals surface area contributed by atoms with Gasteiger partial charge in [-0.15, -0.1) is 11.8 Å². The summed E-state index contributed by atoms with van der Waals surface area (Å²) in [4.78, 5) is 31.0. The standard InChI is InChI=1S/C41H40F5N3O3S/c1-27-6-15-36-34(22-27)37(50)23-39(53-26-31-4-3-5-35(42)40(31)43)49(36)25-38(51)48(33-16-18-47(19-17-33)20-21-52-2)24-28-7-9-29(10-8-28)30-11-13-32(14-12-30)41(44,45)46/h3-15,22-23,33H,16-21,24-26H2,1-2H3/i2D3,3D,4D,5D,6D,7D,8D,9D,10D,11D,12D,13D,14D,15D,21D2,22D,23D,24D2,26D2. The zero-order valence-corrected chi connectivity index (χ0v) is 28.0. The average Bonchev–Trinajstić information content (AvgIpc) is 3.30. The quantitative estimate of drug-likeness (QED) is 0.0939. The molecular formula is C41H40F5N3O3S. The number of rotatable bonds is 12. The molecule has 0 atom stereocenters. The second-order valence-electron chi connectivity index (χ2n) is 11.3. The van der Waals surface area contributed by atoms with Crippen LogP contribution in [0.15, 0.2) is 100 Å². The number of fused-ring (bicyclic) bond motifs is 1. The topological polar surface area (TPSA) is 54.8 Å². The van der Waals surface area contributed by atoms with E-state index in [-0.39, 0.29) is 30.4 Å². The highest BCUT2D eigenvalue weighted by Crippen LogP contribution is 2.32. The number of alkyl halides is 3. The third kappa shape index (κ3) is 9.17. The van der Waals surface area contributed by atoms with Gasteiger partial charge < -0.3 is 19.1 Å². The van der Waals surface area contributed by atoms with Crippen LogP contribution >= 0.6 is 11.8 Å². The van der Waals surface area contributed by atoms with Crippen molar-refractivity contribution in [2.75, 3.05) is 33.2 Å². The average molecular weight is 774 g/mol. The Morgan fingerprint density at radius 2 is 1.70 bits per heavy atom. The molecule has 0 N–H and O–H groups in total. The molecular weight excluding hydrogens is 710 g/mol. The molecule has 6 nitrogen and oxygen atoms in total. The van der Waals surface area contributed by atoms with Crippen LogP contribution in [0.2, 0.25) is 0 Å². The molecule has 0 spiro atoms. The van der Waals surface area contributed by atoms with Gasteiger partial charge in [0.15, 0.2) is 17.1 Å². The highest BCUT2D eigenvalue weighted by molar-refractivity contribution is 7.98. The molecule has 0 bridgehead atoms. The van der Waals surface area contributed by atoms with Crippen LogP contribution in [0.25, 0.3) is 22.0 Å². The van der Waals surface area contributed by atoms with E-state index in [1.807, 2.05) is 0 Å². The summed E-state index contributed by atoms with van der Waals surface area (Å²) < 4.78 is 280. The summed E-state index contributed by atoms with van der Waals surface area (Å²) >= 11 is -0.382. The molecule has 278 valence electrons. The molecule has 12 heteroatoms. The number of carbonyl (C=O) groups excluding carboxylic acids is 1. The lowest BCUT2D eigenvalue weighted by Gasteiger charge is -2.39. The zero-order chi connectivity index (χ0) is 58.6. The highest BCUT2D eigenvalue weighted by Gasteiger charge is 2.31. The molecule has 0 aliphatic carbocycles. The van der Waals surface area contributed by atoms with Crippen molar-refractivity contribution in [3.63, 3.8) is 0 Å². The maximum Gasteiger partial charge on any atom is 0.416 e. The Morgan fingerprint density at radius 3 is 2.38 bits per heavy atom. The van der Waals surface area contributed by atoms with Gasteiger partial charge in [-0.2, -0.15) is 13.2 Å². The van der Waals surface area contributed by atoms with Crippen LogP contribution in [0.5, 0.6) is 0 Å². The number of aromatic nitrogens is 1. The molecule has 5 aromatic rings. The largest absolute Gasteiger partial charge is 0.416 e. The van der Waals surface area contributed by atoms with Crippen molar-refractivity contribution in [3.05, 3.63) is 135 Å². The van der Waals surface area contributed by atoms with Gasteiger partial charge in [0.05, 0.1) is 52.8 Å². The monoisotopic (exact) mass is 773 g/mol. The van der Waals surface area contributed by atoms with Crippen LogP contribution in [-0.4, -0.2) is 59.5 Å². The minimum absolute atomic E-state index is 0.309. The predicted octanol–water partition coefficient (Wildman–Crippen LogP) is 8.71. The third-order valence-corrected chi connectivity index (χ3v) is 8.58. The van der Waals surface area contributed by atoms with Crippen molar-refractivity contribution in [3.8, 4) is 11.1 Å². The van der Waals surface area contributed by atoms with E-state index in [4.69, 9.17) is 30.2 Å². The molecule has 4 aromatic carbocycles. The number of amides is 1. The van der Waals surface area contributed by atoms with Crippen LogP contribution in [0.3, 0.4) is 0 Å². The first-order chi connectivity index (χ1) is 35.0. The van der Waals surface area contributed by atoms with Crippen molar-refractivity contribution in [2.45, 2.75) is 55.8 Å². The first-order valence-electron chi connectivity index (χ1n) is 27.4. The number of benzene rings is 4. The maximum atomic E-state index is 15.6. The molecule has 1 aliphatic rings. The number of nitrogens with zero attached hydrogens (tertiary/aromatic N) is 3. The molecule has 1 aliphatic heterocycles. The minimum Gasteiger partial charge on any atom is -0.383 e. The lowest BCUT2D eigenvalue weighted by molar-refractivity contribution is -0.137. The summed E-state index contributed by atoms with van der Waals surface area (Å²) in [6, 6.07) is -21.4. The van der Waals surface area contributed by atoms with E-state index in [0.717, 1.165) is 6.92 Å². The Labute approximate surface area is 342 Å². The first kappa shape index (κ1) is 18.2. The van der Waals surface area contributed by atoms with E-state index in [0.29, 0.717) is 9.47 Å². The molecule has 1 saturated heterocycles. The summed E-state index contributed by atoms with van der Waals surface area (Å²) in [7, 11) is -3.22. The number of methoxy groups -OCH3 is 1. The van der Waals surface area contributed by atoms with Gasteiger partial charge in [0, 0.05) is 64.6 Å². The van der Waals surface area contributed by atoms with E-state index >= 15 is 9.18 Å². The number of piperidine rings is 1. The van der Waals surface area contributed by atoms with Gasteiger partial charge in [0.2, 0.25) is 5.91 Å². The molecule has 2 heterocycles. The van der Waals surface area contributed by atoms with E-state index in [9.17, 15) is 25.1 Å². The Morgan fingerprint density at radius 1 is 1.00 bits per heavy atom. The van der Waals surface area contributed by atoms with E-state index in [1.54, 1.807) is 0 Å². The van der Waals surface area contributed by atoms with Gasteiger partial charge in [0.1, 0.15) is 6.54 Å². The molecule has 1 aromatic heterocycles. The molecule has 1 amide bonds. The van der Waals surface area contributed by atoms with E-state index in [2.05, 4.69) is 4.74 Å². The zero-order valence-electron chi connectivity index (χ0n) is 51.2. The first-order valence-corrected chi connectivity index (χ1v) is 16.2. The van der Waals surface area contributed by atoms with Gasteiger partial charge in [-0.1, -0.05) is 59.9 Å². The molecule has 53 heavy (non-hydrogen) atoms. The van der Waals surface area contributed by atoms with Gasteiger partial charge >= 0.3 is 6.18 Å². The maximum absolute atomic E-state index is 15.6. The van der Waals surface area contributed by atoms with Crippen molar-refractivity contribution in [1.29, 1.82) is 0 Å². The Bertz CT molecular complexity index is 3260. The number of thioether (sulfide) groups is 1. The van der Waals surface area contributed by atoms with Gasteiger partial charge in [0.25, 0.3) is 0 Å². The van der Waals surface area contributed by atoms with Gasteiger partial charge in [-0.25, -0.2) is 8.78 Å². The second kappa shape index (κ2) is 16.7. The number of halogens is 5. The van der Waals surface area contributed by atoms with Crippen molar-refractivity contribution in [1.82, 2.24) is 14.4 Å². The van der Waals surface area contributed by atoms with Crippen LogP contribution in [-0.2, 0) is 34.5 Å². The fourth-order valence-electron chi connectivity index (χ4n) is 5.18. The lowest BCUT2D eigenvalue weighted by atomic mass is 10.00. The molecule has 0 radical (unpaired) electrons. The molecule has 1 fully saturated rings. The number of carbonyl (C=O) groups is 1. The Kier molecular flexibility index (Phi) is 5.72. The Balaban J connectivity index is 1.62. The summed E-state index contributed by atoms with van der Waals surface area (Å²) in [5.41, 5.74) is -13.4. The third-order valence-electron chi connectivity index (χ3n) is 7.76. The van der Waals surface area contributed by atoms with Crippen LogP contribution in [0.1, 0.15) is 68.0 Å². The van der Waals surface area contributed by atoms with Crippen molar-refractivity contribution < 1.29 is 64.4 Å². The summed E-state index contributed by atoms with van der Waals surface area (Å²) in [6.07, 6.45) is -6.32. The Hall–Kier alpha value is -4.52. The van der Waals surface area contributed by atoms with E-state index in [1.165, 1.54) is 4.90 Å². The van der Waals surface area contributed by atoms with Crippen LogP contribution in [0, 0.1) is 18.6 Å². The molecule has 6 rings (SSSR count). The van der Waals surface area contributed by atoms with Crippen molar-refractivity contribution in [2.24, 2.45) is 0 Å². The van der Waals surface area contributed by atoms with Gasteiger partial charge in [-0.05, 0) is 66.7 Å². The molecule has 0 unspecified atom stereocenters. The highest BCUT2D eigenvalue weighted by atomic mass is 32.2. The number of hydrogen-bond donors (Lipinski definition) is 0. The SMILES string of the molecule is [2H]c1c([2H])c(F)c(F)c(C([2H])([2H])Sc2c([2H])c(=O)c3c([2H])c(C)c([2H])c([2H])c3n2CC(=O)N(C2CCN(CC([2H])([2H])OC([2H])([2H])[2H])CC2)C([2H])([2H])c2c([2H])c([2H])c(-c3c([2H])c([2H])c(C(F)(F)F)c([2H])c3[2H])c([2H])c2[2H])c1[2H]. The fourth-order valence-corrected chi connectivity index (χ4v) is 5.93. The normalized spacial score (nSPS) is 21.7. The summed E-state index contributed by atoms with van der Waals surface area (Å²) in [6.45, 7) is -8.30.